The van der Waals surface area contributed by atoms with Gasteiger partial charge in [0.15, 0.2) is 5.79 Å². The molecule has 0 saturated carbocycles. The predicted molar refractivity (Wildman–Crippen MR) is 277 cm³/mol. The van der Waals surface area contributed by atoms with Gasteiger partial charge in [-0.25, -0.2) is 0 Å². The third-order valence-electron chi connectivity index (χ3n) is 13.9. The molecule has 4 aromatic carbocycles. The Morgan fingerprint density at radius 3 is 1.40 bits per heavy atom. The highest BCUT2D eigenvalue weighted by Gasteiger charge is 2.53. The molecule has 4 aromatic rings. The Morgan fingerprint density at radius 1 is 0.585 bits per heavy atom. The van der Waals surface area contributed by atoms with E-state index in [0.717, 1.165) is 55.3 Å². The first-order valence-electron chi connectivity index (χ1n) is 25.0. The number of aliphatic hydroxyl groups is 2. The van der Waals surface area contributed by atoms with Gasteiger partial charge in [-0.3, -0.25) is 0 Å². The van der Waals surface area contributed by atoms with Crippen LogP contribution in [0.2, 0.25) is 10.1 Å². The van der Waals surface area contributed by atoms with E-state index in [4.69, 9.17) is 18.3 Å². The maximum atomic E-state index is 13.2. The largest absolute Gasteiger partial charge is 0.407 e. The van der Waals surface area contributed by atoms with Crippen LogP contribution in [-0.2, 0) is 18.3 Å². The van der Waals surface area contributed by atoms with E-state index in [1.165, 1.54) is 48.9 Å². The van der Waals surface area contributed by atoms with Crippen molar-refractivity contribution in [2.45, 2.75) is 160 Å². The topological polar surface area (TPSA) is 77.4 Å². The SMILES string of the molecule is CCCCCCCCC1(CCCCCC/C=C/[C@H](CO)[C@@](O)(CCO[Si](c2ccccc2)(c2ccccc2)C(C)(C)C)CO[Si](c2ccccc2)(c2ccccc2)C(C)(C)C)OCCO1. The van der Waals surface area contributed by atoms with Crippen molar-refractivity contribution in [3.63, 3.8) is 0 Å². The van der Waals surface area contributed by atoms with E-state index in [-0.39, 0.29) is 35.5 Å². The minimum absolute atomic E-state index is 0.0462. The Hall–Kier alpha value is -3.19. The Bertz CT molecular complexity index is 1840. The first-order chi connectivity index (χ1) is 31.3. The van der Waals surface area contributed by atoms with Gasteiger partial charge in [0.2, 0.25) is 0 Å². The minimum Gasteiger partial charge on any atom is -0.407 e. The standard InChI is InChI=1S/C57H84O6Si2/c1-8-9-10-11-15-30-41-57(60-45-46-61-57)42-31-16-13-12-14-21-32-49(47-58)56(59,48-63-65(55(5,6)7,52-37-26-19-27-38-52)53-39-28-20-29-40-53)43-44-62-64(54(2,3)4,50-33-22-17-23-34-50)51-35-24-18-25-36-51/h17-29,32-40,49,58-59H,8-16,30-31,41-48H2,1-7H3/b32-21+/t49-,56-/m1/s1. The van der Waals surface area contributed by atoms with Crippen LogP contribution in [0, 0.1) is 5.92 Å². The van der Waals surface area contributed by atoms with Crippen molar-refractivity contribution in [3.8, 4) is 0 Å². The summed E-state index contributed by atoms with van der Waals surface area (Å²) in [4.78, 5) is 0. The molecule has 0 spiro atoms. The molecule has 0 aliphatic carbocycles. The normalized spacial score (nSPS) is 16.2. The molecule has 1 fully saturated rings. The summed E-state index contributed by atoms with van der Waals surface area (Å²) in [7, 11) is -5.93. The lowest BCUT2D eigenvalue weighted by molar-refractivity contribution is -0.168. The molecule has 1 saturated heterocycles. The van der Waals surface area contributed by atoms with Gasteiger partial charge in [0.1, 0.15) is 0 Å². The van der Waals surface area contributed by atoms with E-state index in [9.17, 15) is 10.2 Å². The molecule has 356 valence electrons. The number of hydrogen-bond acceptors (Lipinski definition) is 6. The van der Waals surface area contributed by atoms with Gasteiger partial charge in [-0.15, -0.1) is 0 Å². The molecule has 5 rings (SSSR count). The van der Waals surface area contributed by atoms with Crippen molar-refractivity contribution in [1.82, 2.24) is 0 Å². The van der Waals surface area contributed by atoms with Crippen LogP contribution in [0.25, 0.3) is 0 Å². The number of hydrogen-bond donors (Lipinski definition) is 2. The van der Waals surface area contributed by atoms with E-state index in [2.05, 4.69) is 164 Å². The summed E-state index contributed by atoms with van der Waals surface area (Å²) in [6.07, 6.45) is 19.3. The highest BCUT2D eigenvalue weighted by Crippen LogP contribution is 2.40. The monoisotopic (exact) mass is 921 g/mol. The van der Waals surface area contributed by atoms with Crippen molar-refractivity contribution in [3.05, 3.63) is 133 Å². The maximum Gasteiger partial charge on any atom is 0.261 e. The average Bonchev–Trinajstić information content (AvgIpc) is 3.78. The molecule has 8 heteroatoms. The van der Waals surface area contributed by atoms with Crippen molar-refractivity contribution in [1.29, 1.82) is 0 Å². The molecular weight excluding hydrogens is 837 g/mol. The highest BCUT2D eigenvalue weighted by atomic mass is 28.4. The number of allylic oxidation sites excluding steroid dienone is 1. The fourth-order valence-corrected chi connectivity index (χ4v) is 19.5. The van der Waals surface area contributed by atoms with Crippen LogP contribution in [0.3, 0.4) is 0 Å². The Morgan fingerprint density at radius 2 is 0.985 bits per heavy atom. The van der Waals surface area contributed by atoms with Crippen LogP contribution in [0.4, 0.5) is 0 Å². The van der Waals surface area contributed by atoms with Crippen molar-refractivity contribution < 1.29 is 28.5 Å². The lowest BCUT2D eigenvalue weighted by Crippen LogP contribution is -2.68. The first kappa shape index (κ1) is 52.8. The lowest BCUT2D eigenvalue weighted by atomic mass is 9.85. The molecule has 0 radical (unpaired) electrons. The van der Waals surface area contributed by atoms with E-state index in [1.54, 1.807) is 0 Å². The quantitative estimate of drug-likeness (QED) is 0.0336. The van der Waals surface area contributed by atoms with Gasteiger partial charge < -0.3 is 28.5 Å². The summed E-state index contributed by atoms with van der Waals surface area (Å²) < 4.78 is 27.3. The predicted octanol–water partition coefficient (Wildman–Crippen LogP) is 11.3. The van der Waals surface area contributed by atoms with Gasteiger partial charge in [0.25, 0.3) is 16.6 Å². The van der Waals surface area contributed by atoms with Gasteiger partial charge in [-0.2, -0.15) is 0 Å². The van der Waals surface area contributed by atoms with Gasteiger partial charge in [0.05, 0.1) is 32.0 Å². The molecule has 1 aliphatic rings. The van der Waals surface area contributed by atoms with Gasteiger partial charge in [-0.1, -0.05) is 227 Å². The van der Waals surface area contributed by atoms with Gasteiger partial charge >= 0.3 is 0 Å². The van der Waals surface area contributed by atoms with Gasteiger partial charge in [0, 0.05) is 31.8 Å². The molecule has 1 heterocycles. The fourth-order valence-electron chi connectivity index (χ4n) is 10.3. The molecular formula is C57H84O6Si2. The second-order valence-electron chi connectivity index (χ2n) is 20.6. The van der Waals surface area contributed by atoms with Crippen LogP contribution in [0.5, 0.6) is 0 Å². The molecule has 0 unspecified atom stereocenters. The highest BCUT2D eigenvalue weighted by molar-refractivity contribution is 7.00. The van der Waals surface area contributed by atoms with Crippen molar-refractivity contribution >= 4 is 37.4 Å². The molecule has 2 atom stereocenters. The summed E-state index contributed by atoms with van der Waals surface area (Å²) in [5, 5.41) is 28.7. The zero-order valence-electron chi connectivity index (χ0n) is 41.2. The summed E-state index contributed by atoms with van der Waals surface area (Å²) >= 11 is 0. The first-order valence-corrected chi connectivity index (χ1v) is 28.9. The number of ether oxygens (including phenoxy) is 2. The van der Waals surface area contributed by atoms with Crippen LogP contribution in [0.15, 0.2) is 133 Å². The molecule has 0 amide bonds. The summed E-state index contributed by atoms with van der Waals surface area (Å²) in [6, 6.07) is 42.5. The van der Waals surface area contributed by atoms with E-state index in [0.29, 0.717) is 19.8 Å². The minimum atomic E-state index is -3.03. The second kappa shape index (κ2) is 25.3. The van der Waals surface area contributed by atoms with Crippen LogP contribution < -0.4 is 20.7 Å². The maximum absolute atomic E-state index is 13.2. The number of rotatable bonds is 28. The lowest BCUT2D eigenvalue weighted by Gasteiger charge is -2.46. The zero-order chi connectivity index (χ0) is 46.7. The van der Waals surface area contributed by atoms with E-state index >= 15 is 0 Å². The van der Waals surface area contributed by atoms with Gasteiger partial charge in [-0.05, 0) is 56.5 Å². The second-order valence-corrected chi connectivity index (χ2v) is 29.2. The van der Waals surface area contributed by atoms with E-state index in [1.807, 2.05) is 18.2 Å². The van der Waals surface area contributed by atoms with E-state index < -0.39 is 28.2 Å². The molecule has 2 N–H and O–H groups in total. The summed E-state index contributed by atoms with van der Waals surface area (Å²) in [5.41, 5.74) is -1.44. The zero-order valence-corrected chi connectivity index (χ0v) is 43.2. The number of benzene rings is 4. The number of aliphatic hydroxyl groups excluding tert-OH is 1. The average molecular weight is 921 g/mol. The molecule has 65 heavy (non-hydrogen) atoms. The third-order valence-corrected chi connectivity index (χ3v) is 23.9. The van der Waals surface area contributed by atoms with Crippen LogP contribution >= 0.6 is 0 Å². The molecule has 0 aromatic heterocycles. The molecule has 0 bridgehead atoms. The van der Waals surface area contributed by atoms with Crippen LogP contribution in [0.1, 0.15) is 138 Å². The summed E-state index contributed by atoms with van der Waals surface area (Å²) in [5.74, 6) is -0.956. The Balaban J connectivity index is 1.36. The molecule has 1 aliphatic heterocycles. The fraction of sp³-hybridized carbons (Fsp3) is 0.544. The summed E-state index contributed by atoms with van der Waals surface area (Å²) in [6.45, 7) is 17.4. The van der Waals surface area contributed by atoms with Crippen LogP contribution in [-0.4, -0.2) is 71.3 Å². The number of unbranched alkanes of at least 4 members (excludes halogenated alkanes) is 9. The smallest absolute Gasteiger partial charge is 0.261 e. The Kier molecular flexibility index (Phi) is 20.5. The van der Waals surface area contributed by atoms with Crippen molar-refractivity contribution in [2.24, 2.45) is 5.92 Å². The Labute approximate surface area is 396 Å². The molecule has 6 nitrogen and oxygen atoms in total. The van der Waals surface area contributed by atoms with Crippen molar-refractivity contribution in [2.75, 3.05) is 33.0 Å². The third kappa shape index (κ3) is 13.7.